The van der Waals surface area contributed by atoms with Gasteiger partial charge in [0.1, 0.15) is 12.1 Å². The fourth-order valence-corrected chi connectivity index (χ4v) is 5.39. The molecular formula is C24H41N5O4. The van der Waals surface area contributed by atoms with Crippen LogP contribution in [0, 0.1) is 11.3 Å². The summed E-state index contributed by atoms with van der Waals surface area (Å²) >= 11 is 0. The number of carbonyl (C=O) groups excluding carboxylic acids is 4. The predicted molar refractivity (Wildman–Crippen MR) is 125 cm³/mol. The Kier molecular flexibility index (Phi) is 7.71. The van der Waals surface area contributed by atoms with E-state index in [0.29, 0.717) is 64.6 Å². The zero-order chi connectivity index (χ0) is 24.4. The van der Waals surface area contributed by atoms with Crippen LogP contribution in [0.3, 0.4) is 0 Å². The summed E-state index contributed by atoms with van der Waals surface area (Å²) in [6, 6.07) is -0.453. The van der Waals surface area contributed by atoms with Crippen LogP contribution in [0.5, 0.6) is 0 Å². The molecule has 0 aromatic carbocycles. The van der Waals surface area contributed by atoms with Gasteiger partial charge in [-0.15, -0.1) is 0 Å². The normalized spacial score (nSPS) is 26.6. The van der Waals surface area contributed by atoms with Crippen LogP contribution >= 0.6 is 0 Å². The molecule has 3 rings (SSSR count). The number of hydrogen-bond donors (Lipinski definition) is 1. The molecule has 0 aromatic heterocycles. The Balaban J connectivity index is 1.50. The Labute approximate surface area is 197 Å². The van der Waals surface area contributed by atoms with Gasteiger partial charge in [0, 0.05) is 39.3 Å². The maximum atomic E-state index is 13.2. The molecule has 5 amide bonds. The summed E-state index contributed by atoms with van der Waals surface area (Å²) in [5, 5.41) is 2.92. The average Bonchev–Trinajstić information content (AvgIpc) is 2.98. The summed E-state index contributed by atoms with van der Waals surface area (Å²) in [4.78, 5) is 57.7. The van der Waals surface area contributed by atoms with E-state index in [1.54, 1.807) is 9.80 Å². The van der Waals surface area contributed by atoms with E-state index in [1.807, 2.05) is 13.8 Å². The first-order valence-electron chi connectivity index (χ1n) is 12.4. The fraction of sp³-hybridized carbons (Fsp3) is 0.833. The first-order valence-corrected chi connectivity index (χ1v) is 12.4. The van der Waals surface area contributed by atoms with E-state index in [0.717, 1.165) is 17.7 Å². The van der Waals surface area contributed by atoms with Gasteiger partial charge >= 0.3 is 6.03 Å². The van der Waals surface area contributed by atoms with E-state index in [1.165, 1.54) is 0 Å². The maximum Gasteiger partial charge on any atom is 0.325 e. The first-order chi connectivity index (χ1) is 15.5. The highest BCUT2D eigenvalue weighted by atomic mass is 16.2. The van der Waals surface area contributed by atoms with E-state index in [4.69, 9.17) is 0 Å². The fourth-order valence-electron chi connectivity index (χ4n) is 5.39. The molecule has 0 unspecified atom stereocenters. The van der Waals surface area contributed by atoms with Gasteiger partial charge in [0.2, 0.25) is 11.8 Å². The average molecular weight is 464 g/mol. The van der Waals surface area contributed by atoms with Crippen molar-refractivity contribution in [2.24, 2.45) is 11.3 Å². The van der Waals surface area contributed by atoms with Crippen LogP contribution in [0.2, 0.25) is 0 Å². The summed E-state index contributed by atoms with van der Waals surface area (Å²) in [5.74, 6) is 0.157. The lowest BCUT2D eigenvalue weighted by molar-refractivity contribution is -0.141. The highest BCUT2D eigenvalue weighted by Crippen LogP contribution is 2.43. The lowest BCUT2D eigenvalue weighted by Crippen LogP contribution is -2.54. The van der Waals surface area contributed by atoms with Gasteiger partial charge in [-0.1, -0.05) is 20.8 Å². The van der Waals surface area contributed by atoms with Crippen molar-refractivity contribution in [1.82, 2.24) is 24.9 Å². The standard InChI is InChI=1S/C24H41N5O4/c1-6-27(7-2)19(30)16-26-12-14-28(15-13-26)20(31)17-29-21(32)24(25-22(29)33)10-8-18(9-11-24)23(3,4)5/h18H,6-17H2,1-5H3,(H,25,33). The molecule has 9 nitrogen and oxygen atoms in total. The van der Waals surface area contributed by atoms with Gasteiger partial charge in [-0.3, -0.25) is 24.2 Å². The van der Waals surface area contributed by atoms with Crippen molar-refractivity contribution >= 4 is 23.8 Å². The summed E-state index contributed by atoms with van der Waals surface area (Å²) < 4.78 is 0. The molecule has 1 aliphatic carbocycles. The molecule has 3 aliphatic rings. The number of hydrogen-bond acceptors (Lipinski definition) is 5. The molecule has 0 aromatic rings. The molecule has 0 radical (unpaired) electrons. The van der Waals surface area contributed by atoms with E-state index >= 15 is 0 Å². The minimum Gasteiger partial charge on any atom is -0.342 e. The third-order valence-corrected chi connectivity index (χ3v) is 7.80. The summed E-state index contributed by atoms with van der Waals surface area (Å²) in [6.07, 6.45) is 3.05. The molecule has 1 saturated carbocycles. The maximum absolute atomic E-state index is 13.2. The molecule has 1 spiro atoms. The van der Waals surface area contributed by atoms with Crippen LogP contribution in [0.15, 0.2) is 0 Å². The third kappa shape index (κ3) is 5.50. The number of imide groups is 1. The van der Waals surface area contributed by atoms with Crippen molar-refractivity contribution in [3.8, 4) is 0 Å². The Bertz CT molecular complexity index is 757. The van der Waals surface area contributed by atoms with Crippen molar-refractivity contribution < 1.29 is 19.2 Å². The summed E-state index contributed by atoms with van der Waals surface area (Å²) in [5.41, 5.74) is -0.663. The van der Waals surface area contributed by atoms with Crippen LogP contribution in [0.1, 0.15) is 60.3 Å². The number of likely N-dealkylation sites (N-methyl/N-ethyl adjacent to an activating group) is 1. The van der Waals surface area contributed by atoms with Crippen molar-refractivity contribution in [3.05, 3.63) is 0 Å². The van der Waals surface area contributed by atoms with Crippen LogP contribution in [0.4, 0.5) is 4.79 Å². The molecule has 0 atom stereocenters. The van der Waals surface area contributed by atoms with Crippen molar-refractivity contribution in [2.45, 2.75) is 65.8 Å². The molecule has 2 saturated heterocycles. The highest BCUT2D eigenvalue weighted by molar-refractivity contribution is 6.09. The minimum atomic E-state index is -0.845. The second kappa shape index (κ2) is 9.99. The number of piperazine rings is 1. The van der Waals surface area contributed by atoms with Crippen LogP contribution in [-0.2, 0) is 14.4 Å². The van der Waals surface area contributed by atoms with E-state index < -0.39 is 11.6 Å². The number of amides is 5. The molecule has 9 heteroatoms. The van der Waals surface area contributed by atoms with Gasteiger partial charge in [-0.2, -0.15) is 0 Å². The SMILES string of the molecule is CCN(CC)C(=O)CN1CCN(C(=O)CN2C(=O)NC3(CCC(C(C)(C)C)CC3)C2=O)CC1. The third-order valence-electron chi connectivity index (χ3n) is 7.80. The Morgan fingerprint density at radius 2 is 1.58 bits per heavy atom. The predicted octanol–water partition coefficient (Wildman–Crippen LogP) is 1.53. The molecule has 2 aliphatic heterocycles. The molecule has 2 heterocycles. The number of nitrogens with one attached hydrogen (secondary N) is 1. The van der Waals surface area contributed by atoms with Gasteiger partial charge < -0.3 is 15.1 Å². The monoisotopic (exact) mass is 463 g/mol. The molecule has 0 bridgehead atoms. The number of rotatable bonds is 6. The Hall–Kier alpha value is -2.16. The Morgan fingerprint density at radius 3 is 2.09 bits per heavy atom. The first kappa shape index (κ1) is 25.5. The second-order valence-electron chi connectivity index (χ2n) is 10.8. The van der Waals surface area contributed by atoms with Gasteiger partial charge in [-0.05, 0) is 50.9 Å². The van der Waals surface area contributed by atoms with E-state index in [-0.39, 0.29) is 29.7 Å². The van der Waals surface area contributed by atoms with Crippen LogP contribution < -0.4 is 5.32 Å². The van der Waals surface area contributed by atoms with E-state index in [9.17, 15) is 19.2 Å². The quantitative estimate of drug-likeness (QED) is 0.603. The topological polar surface area (TPSA) is 93.3 Å². The lowest BCUT2D eigenvalue weighted by atomic mass is 9.67. The summed E-state index contributed by atoms with van der Waals surface area (Å²) in [6.45, 7) is 14.3. The molecule has 186 valence electrons. The number of nitrogens with zero attached hydrogens (tertiary/aromatic N) is 4. The number of urea groups is 1. The Morgan fingerprint density at radius 1 is 1.00 bits per heavy atom. The smallest absolute Gasteiger partial charge is 0.325 e. The van der Waals surface area contributed by atoms with Gasteiger partial charge in [0.05, 0.1) is 6.54 Å². The van der Waals surface area contributed by atoms with Crippen molar-refractivity contribution in [2.75, 3.05) is 52.4 Å². The van der Waals surface area contributed by atoms with E-state index in [2.05, 4.69) is 31.0 Å². The van der Waals surface area contributed by atoms with Crippen LogP contribution in [-0.4, -0.2) is 101 Å². The second-order valence-corrected chi connectivity index (χ2v) is 10.8. The van der Waals surface area contributed by atoms with Crippen LogP contribution in [0.25, 0.3) is 0 Å². The van der Waals surface area contributed by atoms with Gasteiger partial charge in [0.25, 0.3) is 5.91 Å². The van der Waals surface area contributed by atoms with Gasteiger partial charge in [-0.25, -0.2) is 4.79 Å². The highest BCUT2D eigenvalue weighted by Gasteiger charge is 2.53. The van der Waals surface area contributed by atoms with Gasteiger partial charge in [0.15, 0.2) is 0 Å². The zero-order valence-electron chi connectivity index (χ0n) is 21.0. The molecular weight excluding hydrogens is 422 g/mol. The largest absolute Gasteiger partial charge is 0.342 e. The molecule has 3 fully saturated rings. The molecule has 1 N–H and O–H groups in total. The minimum absolute atomic E-state index is 0.102. The van der Waals surface area contributed by atoms with Crippen molar-refractivity contribution in [3.63, 3.8) is 0 Å². The summed E-state index contributed by atoms with van der Waals surface area (Å²) in [7, 11) is 0. The number of carbonyl (C=O) groups is 4. The lowest BCUT2D eigenvalue weighted by Gasteiger charge is -2.40. The molecule has 33 heavy (non-hydrogen) atoms. The van der Waals surface area contributed by atoms with Crippen molar-refractivity contribution in [1.29, 1.82) is 0 Å². The zero-order valence-corrected chi connectivity index (χ0v) is 21.0.